The lowest BCUT2D eigenvalue weighted by Crippen LogP contribution is -2.70. The Morgan fingerprint density at radius 1 is 1.17 bits per heavy atom. The summed E-state index contributed by atoms with van der Waals surface area (Å²) >= 11 is 0. The van der Waals surface area contributed by atoms with Crippen LogP contribution < -0.4 is 0 Å². The first-order chi connectivity index (χ1) is 11.5. The predicted octanol–water partition coefficient (Wildman–Crippen LogP) is 1.29. The number of β-lactam (4-membered cyclic amide) rings is 1. The van der Waals surface area contributed by atoms with Gasteiger partial charge in [-0.05, 0) is 45.4 Å². The first-order valence-electron chi connectivity index (χ1n) is 9.26. The van der Waals surface area contributed by atoms with E-state index >= 15 is 0 Å². The summed E-state index contributed by atoms with van der Waals surface area (Å²) in [4.78, 5) is 28.8. The SMILES string of the molecule is CO[C@H]1C(=O)N(C(C)C)[C@H]1C1CCN(C(=O)C2CCOCC2)CC1. The van der Waals surface area contributed by atoms with Crippen molar-refractivity contribution in [1.29, 1.82) is 0 Å². The molecule has 0 spiro atoms. The van der Waals surface area contributed by atoms with Crippen molar-refractivity contribution in [3.8, 4) is 0 Å². The lowest BCUT2D eigenvalue weighted by Gasteiger charge is -2.53. The lowest BCUT2D eigenvalue weighted by atomic mass is 9.79. The van der Waals surface area contributed by atoms with E-state index in [2.05, 4.69) is 13.8 Å². The molecule has 0 unspecified atom stereocenters. The molecule has 0 aromatic rings. The van der Waals surface area contributed by atoms with E-state index in [1.165, 1.54) is 0 Å². The van der Waals surface area contributed by atoms with E-state index in [1.54, 1.807) is 7.11 Å². The van der Waals surface area contributed by atoms with Crippen molar-refractivity contribution in [2.75, 3.05) is 33.4 Å². The third-order valence-electron chi connectivity index (χ3n) is 5.84. The fraction of sp³-hybridized carbons (Fsp3) is 0.889. The number of carbonyl (C=O) groups is 2. The van der Waals surface area contributed by atoms with Gasteiger partial charge in [0, 0.05) is 45.4 Å². The second-order valence-electron chi connectivity index (χ2n) is 7.54. The van der Waals surface area contributed by atoms with Crippen LogP contribution >= 0.6 is 0 Å². The Morgan fingerprint density at radius 2 is 1.79 bits per heavy atom. The third kappa shape index (κ3) is 3.18. The fourth-order valence-electron chi connectivity index (χ4n) is 4.48. The Labute approximate surface area is 144 Å². The number of methoxy groups -OCH3 is 1. The quantitative estimate of drug-likeness (QED) is 0.725. The topological polar surface area (TPSA) is 59.1 Å². The average Bonchev–Trinajstić information content (AvgIpc) is 2.60. The van der Waals surface area contributed by atoms with Gasteiger partial charge in [0.05, 0.1) is 6.04 Å². The molecule has 136 valence electrons. The second kappa shape index (κ2) is 7.40. The largest absolute Gasteiger partial charge is 0.381 e. The van der Waals surface area contributed by atoms with Gasteiger partial charge in [0.25, 0.3) is 5.91 Å². The normalized spacial score (nSPS) is 29.9. The van der Waals surface area contributed by atoms with Gasteiger partial charge in [0.1, 0.15) is 0 Å². The molecule has 2 amide bonds. The third-order valence-corrected chi connectivity index (χ3v) is 5.84. The number of ether oxygens (including phenoxy) is 2. The standard InChI is InChI=1S/C18H30N2O4/c1-12(2)20-15(16(23-3)18(20)22)13-4-8-19(9-5-13)17(21)14-6-10-24-11-7-14/h12-16H,4-11H2,1-3H3/t15-,16+/m0/s1. The first-order valence-corrected chi connectivity index (χ1v) is 9.26. The van der Waals surface area contributed by atoms with Crippen LogP contribution in [0, 0.1) is 11.8 Å². The predicted molar refractivity (Wildman–Crippen MR) is 89.4 cm³/mol. The van der Waals surface area contributed by atoms with Crippen LogP contribution in [-0.2, 0) is 19.1 Å². The van der Waals surface area contributed by atoms with Gasteiger partial charge in [-0.3, -0.25) is 9.59 Å². The molecule has 0 N–H and O–H groups in total. The zero-order valence-corrected chi connectivity index (χ0v) is 15.1. The van der Waals surface area contributed by atoms with E-state index in [9.17, 15) is 9.59 Å². The fourth-order valence-corrected chi connectivity index (χ4v) is 4.48. The highest BCUT2D eigenvalue weighted by Gasteiger charge is 2.52. The molecule has 3 saturated heterocycles. The number of hydrogen-bond acceptors (Lipinski definition) is 4. The van der Waals surface area contributed by atoms with Crippen LogP contribution in [0.1, 0.15) is 39.5 Å². The Hall–Kier alpha value is -1.14. The highest BCUT2D eigenvalue weighted by atomic mass is 16.5. The molecule has 0 saturated carbocycles. The summed E-state index contributed by atoms with van der Waals surface area (Å²) in [5, 5.41) is 0. The second-order valence-corrected chi connectivity index (χ2v) is 7.54. The van der Waals surface area contributed by atoms with Crippen molar-refractivity contribution in [2.24, 2.45) is 11.8 Å². The maximum absolute atomic E-state index is 12.6. The van der Waals surface area contributed by atoms with Crippen LogP contribution in [0.5, 0.6) is 0 Å². The number of nitrogens with zero attached hydrogens (tertiary/aromatic N) is 2. The van der Waals surface area contributed by atoms with Crippen LogP contribution in [0.4, 0.5) is 0 Å². The van der Waals surface area contributed by atoms with E-state index in [1.807, 2.05) is 9.80 Å². The van der Waals surface area contributed by atoms with Gasteiger partial charge in [-0.25, -0.2) is 0 Å². The minimum atomic E-state index is -0.296. The van der Waals surface area contributed by atoms with Crippen molar-refractivity contribution < 1.29 is 19.1 Å². The van der Waals surface area contributed by atoms with E-state index in [0.717, 1.165) is 38.8 Å². The van der Waals surface area contributed by atoms with Crippen LogP contribution in [0.2, 0.25) is 0 Å². The molecule has 6 nitrogen and oxygen atoms in total. The molecule has 3 fully saturated rings. The van der Waals surface area contributed by atoms with Crippen molar-refractivity contribution in [1.82, 2.24) is 9.80 Å². The van der Waals surface area contributed by atoms with Crippen LogP contribution in [0.25, 0.3) is 0 Å². The molecule has 6 heteroatoms. The zero-order chi connectivity index (χ0) is 17.3. The molecule has 3 heterocycles. The molecule has 3 rings (SSSR count). The summed E-state index contributed by atoms with van der Waals surface area (Å²) in [6.45, 7) is 7.12. The summed E-state index contributed by atoms with van der Waals surface area (Å²) in [7, 11) is 1.62. The van der Waals surface area contributed by atoms with Crippen molar-refractivity contribution in [2.45, 2.75) is 57.7 Å². The maximum Gasteiger partial charge on any atom is 0.254 e. The number of likely N-dealkylation sites (tertiary alicyclic amines) is 2. The average molecular weight is 338 g/mol. The molecule has 2 atom stereocenters. The van der Waals surface area contributed by atoms with E-state index in [0.29, 0.717) is 25.0 Å². The molecule has 3 aliphatic heterocycles. The summed E-state index contributed by atoms with van der Waals surface area (Å²) in [5.74, 6) is 0.969. The lowest BCUT2D eigenvalue weighted by molar-refractivity contribution is -0.182. The maximum atomic E-state index is 12.6. The minimum absolute atomic E-state index is 0.109. The van der Waals surface area contributed by atoms with Gasteiger partial charge in [-0.1, -0.05) is 0 Å². The monoisotopic (exact) mass is 338 g/mol. The Bertz CT molecular complexity index is 468. The van der Waals surface area contributed by atoms with E-state index in [-0.39, 0.29) is 30.0 Å². The summed E-state index contributed by atoms with van der Waals surface area (Å²) < 4.78 is 10.8. The van der Waals surface area contributed by atoms with Gasteiger partial charge in [0.15, 0.2) is 6.10 Å². The molecular formula is C18H30N2O4. The number of carbonyl (C=O) groups excluding carboxylic acids is 2. The van der Waals surface area contributed by atoms with Crippen molar-refractivity contribution >= 4 is 11.8 Å². The molecular weight excluding hydrogens is 308 g/mol. The Balaban J connectivity index is 1.56. The summed E-state index contributed by atoms with van der Waals surface area (Å²) in [6, 6.07) is 0.374. The molecule has 0 aliphatic carbocycles. The first kappa shape index (κ1) is 17.7. The number of rotatable bonds is 4. The smallest absolute Gasteiger partial charge is 0.254 e. The van der Waals surface area contributed by atoms with Gasteiger partial charge >= 0.3 is 0 Å². The minimum Gasteiger partial charge on any atom is -0.381 e. The molecule has 3 aliphatic rings. The Kier molecular flexibility index (Phi) is 5.45. The van der Waals surface area contributed by atoms with Crippen LogP contribution in [0.3, 0.4) is 0 Å². The highest BCUT2D eigenvalue weighted by Crippen LogP contribution is 2.36. The van der Waals surface area contributed by atoms with Gasteiger partial charge < -0.3 is 19.3 Å². The van der Waals surface area contributed by atoms with E-state index < -0.39 is 0 Å². The van der Waals surface area contributed by atoms with E-state index in [4.69, 9.17) is 9.47 Å². The number of hydrogen-bond donors (Lipinski definition) is 0. The summed E-state index contributed by atoms with van der Waals surface area (Å²) in [6.07, 6.45) is 3.31. The van der Waals surface area contributed by atoms with Gasteiger partial charge in [0.2, 0.25) is 5.91 Å². The van der Waals surface area contributed by atoms with Gasteiger partial charge in [-0.15, -0.1) is 0 Å². The Morgan fingerprint density at radius 3 is 2.33 bits per heavy atom. The van der Waals surface area contributed by atoms with Crippen LogP contribution in [0.15, 0.2) is 0 Å². The van der Waals surface area contributed by atoms with Crippen LogP contribution in [-0.4, -0.2) is 73.2 Å². The summed E-state index contributed by atoms with van der Waals surface area (Å²) in [5.41, 5.74) is 0. The zero-order valence-electron chi connectivity index (χ0n) is 15.1. The molecule has 0 aromatic heterocycles. The molecule has 0 radical (unpaired) electrons. The number of amides is 2. The van der Waals surface area contributed by atoms with Crippen molar-refractivity contribution in [3.05, 3.63) is 0 Å². The van der Waals surface area contributed by atoms with Gasteiger partial charge in [-0.2, -0.15) is 0 Å². The highest BCUT2D eigenvalue weighted by molar-refractivity contribution is 5.88. The van der Waals surface area contributed by atoms with Crippen molar-refractivity contribution in [3.63, 3.8) is 0 Å². The molecule has 0 bridgehead atoms. The molecule has 0 aromatic carbocycles. The molecule has 24 heavy (non-hydrogen) atoms. The number of piperidine rings is 1.